The number of nitrogens with zero attached hydrogens (tertiary/aromatic N) is 2. The summed E-state index contributed by atoms with van der Waals surface area (Å²) in [5.41, 5.74) is 6.33. The van der Waals surface area contributed by atoms with Gasteiger partial charge in [0.05, 0.1) is 5.69 Å². The van der Waals surface area contributed by atoms with Gasteiger partial charge in [0.15, 0.2) is 5.75 Å². The van der Waals surface area contributed by atoms with E-state index in [1.807, 2.05) is 12.1 Å². The van der Waals surface area contributed by atoms with Gasteiger partial charge in [-0.2, -0.15) is 0 Å². The Labute approximate surface area is 138 Å². The molecule has 5 heteroatoms. The molecule has 126 valence electrons. The van der Waals surface area contributed by atoms with E-state index in [1.54, 1.807) is 17.0 Å². The maximum atomic E-state index is 12.3. The lowest BCUT2D eigenvalue weighted by Crippen LogP contribution is -2.47. The first-order valence-electron chi connectivity index (χ1n) is 8.79. The van der Waals surface area contributed by atoms with E-state index in [9.17, 15) is 4.79 Å². The summed E-state index contributed by atoms with van der Waals surface area (Å²) in [5.74, 6) is 0.451. The van der Waals surface area contributed by atoms with Crippen LogP contribution in [-0.2, 0) is 0 Å². The Hall–Kier alpha value is -1.75. The van der Waals surface area contributed by atoms with Crippen LogP contribution < -0.4 is 10.5 Å². The number of piperidine rings is 1. The van der Waals surface area contributed by atoms with Crippen molar-refractivity contribution in [1.82, 2.24) is 9.80 Å². The molecule has 0 spiro atoms. The van der Waals surface area contributed by atoms with Crippen molar-refractivity contribution in [2.24, 2.45) is 0 Å². The van der Waals surface area contributed by atoms with Gasteiger partial charge in [0.2, 0.25) is 0 Å². The smallest absolute Gasteiger partial charge is 0.408 e. The number of hydrogen-bond donors (Lipinski definition) is 1. The largest absolute Gasteiger partial charge is 0.415 e. The number of nitrogen functional groups attached to an aromatic ring is 1. The van der Waals surface area contributed by atoms with E-state index >= 15 is 0 Å². The van der Waals surface area contributed by atoms with E-state index < -0.39 is 0 Å². The molecule has 1 amide bonds. The predicted octanol–water partition coefficient (Wildman–Crippen LogP) is 3.11. The number of anilines is 1. The van der Waals surface area contributed by atoms with E-state index in [4.69, 9.17) is 10.5 Å². The summed E-state index contributed by atoms with van der Waals surface area (Å²) in [6.45, 7) is 3.98. The monoisotopic (exact) mass is 317 g/mol. The topological polar surface area (TPSA) is 58.8 Å². The van der Waals surface area contributed by atoms with E-state index in [1.165, 1.54) is 38.8 Å². The molecule has 1 aromatic rings. The van der Waals surface area contributed by atoms with E-state index in [0.717, 1.165) is 25.9 Å². The van der Waals surface area contributed by atoms with E-state index in [0.29, 0.717) is 17.5 Å². The minimum Gasteiger partial charge on any atom is -0.408 e. The number of ether oxygens (including phenoxy) is 1. The van der Waals surface area contributed by atoms with Crippen LogP contribution in [0.15, 0.2) is 24.3 Å². The number of likely N-dealkylation sites (tertiary alicyclic amines) is 2. The molecule has 0 aromatic heterocycles. The summed E-state index contributed by atoms with van der Waals surface area (Å²) in [4.78, 5) is 16.7. The number of carbonyl (C=O) groups excluding carboxylic acids is 1. The SMILES string of the molecule is Nc1ccccc1OC(=O)N1CCC(N2CCCCCC2)CC1. The molecule has 1 aromatic carbocycles. The van der Waals surface area contributed by atoms with Crippen LogP contribution in [0.3, 0.4) is 0 Å². The third kappa shape index (κ3) is 4.16. The number of rotatable bonds is 2. The molecule has 2 saturated heterocycles. The second kappa shape index (κ2) is 7.68. The molecule has 2 aliphatic heterocycles. The van der Waals surface area contributed by atoms with Crippen LogP contribution in [0.4, 0.5) is 10.5 Å². The fraction of sp³-hybridized carbons (Fsp3) is 0.611. The fourth-order valence-electron chi connectivity index (χ4n) is 3.61. The zero-order valence-electron chi connectivity index (χ0n) is 13.7. The van der Waals surface area contributed by atoms with Gasteiger partial charge in [0.25, 0.3) is 0 Å². The van der Waals surface area contributed by atoms with Crippen LogP contribution in [0.5, 0.6) is 5.75 Å². The number of para-hydroxylation sites is 2. The lowest BCUT2D eigenvalue weighted by molar-refractivity contribution is 0.100. The summed E-state index contributed by atoms with van der Waals surface area (Å²) in [6.07, 6.45) is 7.15. The van der Waals surface area contributed by atoms with Gasteiger partial charge in [0, 0.05) is 19.1 Å². The summed E-state index contributed by atoms with van der Waals surface area (Å²) in [5, 5.41) is 0. The van der Waals surface area contributed by atoms with Crippen molar-refractivity contribution in [1.29, 1.82) is 0 Å². The second-order valence-electron chi connectivity index (χ2n) is 6.57. The van der Waals surface area contributed by atoms with Crippen molar-refractivity contribution in [3.63, 3.8) is 0 Å². The van der Waals surface area contributed by atoms with Crippen LogP contribution in [0.2, 0.25) is 0 Å². The number of hydrogen-bond acceptors (Lipinski definition) is 4. The summed E-state index contributed by atoms with van der Waals surface area (Å²) in [7, 11) is 0. The Morgan fingerprint density at radius 2 is 1.65 bits per heavy atom. The standard InChI is InChI=1S/C18H27N3O2/c19-16-7-3-4-8-17(16)23-18(22)21-13-9-15(10-14-21)20-11-5-1-2-6-12-20/h3-4,7-8,15H,1-2,5-6,9-14,19H2. The summed E-state index contributed by atoms with van der Waals surface area (Å²) < 4.78 is 5.43. The van der Waals surface area contributed by atoms with Crippen molar-refractivity contribution < 1.29 is 9.53 Å². The summed E-state index contributed by atoms with van der Waals surface area (Å²) >= 11 is 0. The van der Waals surface area contributed by atoms with Gasteiger partial charge in [-0.1, -0.05) is 25.0 Å². The summed E-state index contributed by atoms with van der Waals surface area (Å²) in [6, 6.07) is 7.76. The maximum Gasteiger partial charge on any atom is 0.415 e. The number of benzene rings is 1. The highest BCUT2D eigenvalue weighted by Crippen LogP contribution is 2.23. The van der Waals surface area contributed by atoms with Gasteiger partial charge < -0.3 is 20.3 Å². The van der Waals surface area contributed by atoms with Gasteiger partial charge in [-0.05, 0) is 50.9 Å². The van der Waals surface area contributed by atoms with Gasteiger partial charge in [0.1, 0.15) is 0 Å². The van der Waals surface area contributed by atoms with E-state index in [-0.39, 0.29) is 6.09 Å². The van der Waals surface area contributed by atoms with Crippen LogP contribution in [0.1, 0.15) is 38.5 Å². The molecule has 0 unspecified atom stereocenters. The van der Waals surface area contributed by atoms with Crippen molar-refractivity contribution in [2.75, 3.05) is 31.9 Å². The van der Waals surface area contributed by atoms with Crippen LogP contribution >= 0.6 is 0 Å². The minimum atomic E-state index is -0.280. The molecule has 3 rings (SSSR count). The maximum absolute atomic E-state index is 12.3. The molecule has 23 heavy (non-hydrogen) atoms. The minimum absolute atomic E-state index is 0.280. The Morgan fingerprint density at radius 3 is 2.30 bits per heavy atom. The first kappa shape index (κ1) is 16.1. The molecule has 2 fully saturated rings. The normalized spacial score (nSPS) is 21.0. The molecule has 0 saturated carbocycles. The second-order valence-corrected chi connectivity index (χ2v) is 6.57. The van der Waals surface area contributed by atoms with E-state index in [2.05, 4.69) is 4.90 Å². The Kier molecular flexibility index (Phi) is 5.39. The Bertz CT molecular complexity index is 519. The molecular formula is C18H27N3O2. The average Bonchev–Trinajstić information content (AvgIpc) is 2.86. The molecule has 2 N–H and O–H groups in total. The molecule has 2 heterocycles. The van der Waals surface area contributed by atoms with Crippen molar-refractivity contribution >= 4 is 11.8 Å². The number of amides is 1. The zero-order valence-corrected chi connectivity index (χ0v) is 13.7. The highest BCUT2D eigenvalue weighted by molar-refractivity contribution is 5.73. The molecule has 5 nitrogen and oxygen atoms in total. The third-order valence-electron chi connectivity index (χ3n) is 5.00. The lowest BCUT2D eigenvalue weighted by Gasteiger charge is -2.37. The fourth-order valence-corrected chi connectivity index (χ4v) is 3.61. The first-order valence-corrected chi connectivity index (χ1v) is 8.79. The van der Waals surface area contributed by atoms with Gasteiger partial charge in [-0.15, -0.1) is 0 Å². The molecule has 0 radical (unpaired) electrons. The quantitative estimate of drug-likeness (QED) is 0.852. The van der Waals surface area contributed by atoms with Crippen molar-refractivity contribution in [2.45, 2.75) is 44.6 Å². The first-order chi connectivity index (χ1) is 11.2. The average molecular weight is 317 g/mol. The van der Waals surface area contributed by atoms with Crippen LogP contribution in [-0.4, -0.2) is 48.1 Å². The zero-order chi connectivity index (χ0) is 16.1. The Balaban J connectivity index is 1.50. The molecule has 0 atom stereocenters. The van der Waals surface area contributed by atoms with Gasteiger partial charge in [-0.25, -0.2) is 4.79 Å². The van der Waals surface area contributed by atoms with Gasteiger partial charge in [-0.3, -0.25) is 0 Å². The lowest BCUT2D eigenvalue weighted by atomic mass is 10.0. The van der Waals surface area contributed by atoms with Crippen LogP contribution in [0, 0.1) is 0 Å². The molecule has 0 aliphatic carbocycles. The Morgan fingerprint density at radius 1 is 1.00 bits per heavy atom. The third-order valence-corrected chi connectivity index (χ3v) is 5.00. The van der Waals surface area contributed by atoms with Crippen LogP contribution in [0.25, 0.3) is 0 Å². The number of nitrogens with two attached hydrogens (primary N) is 1. The van der Waals surface area contributed by atoms with Crippen molar-refractivity contribution in [3.05, 3.63) is 24.3 Å². The highest BCUT2D eigenvalue weighted by Gasteiger charge is 2.28. The number of carbonyl (C=O) groups is 1. The molecular weight excluding hydrogens is 290 g/mol. The molecule has 2 aliphatic rings. The van der Waals surface area contributed by atoms with Crippen molar-refractivity contribution in [3.8, 4) is 5.75 Å². The highest BCUT2D eigenvalue weighted by atomic mass is 16.6. The predicted molar refractivity (Wildman–Crippen MR) is 91.5 cm³/mol. The molecule has 0 bridgehead atoms. The van der Waals surface area contributed by atoms with Gasteiger partial charge >= 0.3 is 6.09 Å².